The van der Waals surface area contributed by atoms with Crippen molar-refractivity contribution in [3.8, 4) is 5.75 Å². The second-order valence-electron chi connectivity index (χ2n) is 10.3. The molecule has 0 radical (unpaired) electrons. The normalized spacial score (nSPS) is 13.9. The van der Waals surface area contributed by atoms with Crippen LogP contribution >= 0.6 is 11.6 Å². The van der Waals surface area contributed by atoms with Crippen LogP contribution in [0.1, 0.15) is 53.4 Å². The molecule has 7 heteroatoms. The standard InChI is InChI=1S/C30H29ClN2O4/c1-17-8-14-24(22(15-17)30(4,5)6)37-29(36)20-10-12-21(13-11-20)32-26-25(31)27(34)33(28(26)35)23-16-18(2)7-9-19(23)3/h7-16,32H,1-6H3. The maximum Gasteiger partial charge on any atom is 0.343 e. The van der Waals surface area contributed by atoms with E-state index in [0.29, 0.717) is 22.7 Å². The highest BCUT2D eigenvalue weighted by Crippen LogP contribution is 2.34. The third-order valence-electron chi connectivity index (χ3n) is 6.17. The van der Waals surface area contributed by atoms with Crippen molar-refractivity contribution in [3.05, 3.63) is 99.2 Å². The molecule has 4 rings (SSSR count). The molecule has 1 aliphatic heterocycles. The van der Waals surface area contributed by atoms with Gasteiger partial charge >= 0.3 is 5.97 Å². The number of rotatable bonds is 5. The van der Waals surface area contributed by atoms with Crippen LogP contribution in [0.4, 0.5) is 11.4 Å². The van der Waals surface area contributed by atoms with Gasteiger partial charge in [0.05, 0.1) is 11.3 Å². The van der Waals surface area contributed by atoms with Crippen LogP contribution in [0.3, 0.4) is 0 Å². The van der Waals surface area contributed by atoms with Crippen molar-refractivity contribution >= 4 is 40.8 Å². The number of benzene rings is 3. The number of aryl methyl sites for hydroxylation is 3. The molecule has 0 spiro atoms. The van der Waals surface area contributed by atoms with Crippen molar-refractivity contribution in [2.75, 3.05) is 10.2 Å². The van der Waals surface area contributed by atoms with Crippen LogP contribution in [0.2, 0.25) is 0 Å². The predicted molar refractivity (Wildman–Crippen MR) is 146 cm³/mol. The Hall–Kier alpha value is -3.90. The number of carbonyl (C=O) groups excluding carboxylic acids is 3. The molecule has 6 nitrogen and oxygen atoms in total. The molecule has 0 unspecified atom stereocenters. The molecule has 0 saturated heterocycles. The molecule has 2 amide bonds. The number of nitrogens with zero attached hydrogens (tertiary/aromatic N) is 1. The van der Waals surface area contributed by atoms with Gasteiger partial charge in [-0.1, -0.05) is 62.2 Å². The Morgan fingerprint density at radius 1 is 0.865 bits per heavy atom. The topological polar surface area (TPSA) is 75.7 Å². The van der Waals surface area contributed by atoms with E-state index in [2.05, 4.69) is 26.1 Å². The lowest BCUT2D eigenvalue weighted by Crippen LogP contribution is -2.32. The van der Waals surface area contributed by atoms with Crippen LogP contribution in [0, 0.1) is 20.8 Å². The van der Waals surface area contributed by atoms with E-state index in [1.165, 1.54) is 0 Å². The summed E-state index contributed by atoms with van der Waals surface area (Å²) in [6, 6.07) is 17.7. The Balaban J connectivity index is 1.52. The highest BCUT2D eigenvalue weighted by molar-refractivity contribution is 6.53. The van der Waals surface area contributed by atoms with E-state index in [9.17, 15) is 14.4 Å². The molecule has 0 aromatic heterocycles. The minimum absolute atomic E-state index is 0.0163. The van der Waals surface area contributed by atoms with E-state index in [-0.39, 0.29) is 16.1 Å². The fourth-order valence-corrected chi connectivity index (χ4v) is 4.31. The summed E-state index contributed by atoms with van der Waals surface area (Å²) < 4.78 is 5.72. The molecule has 0 saturated carbocycles. The fourth-order valence-electron chi connectivity index (χ4n) is 4.10. The van der Waals surface area contributed by atoms with Crippen LogP contribution in [-0.4, -0.2) is 17.8 Å². The Morgan fingerprint density at radius 3 is 2.14 bits per heavy atom. The van der Waals surface area contributed by atoms with E-state index in [4.69, 9.17) is 16.3 Å². The van der Waals surface area contributed by atoms with E-state index in [1.54, 1.807) is 30.3 Å². The molecule has 1 aliphatic rings. The fraction of sp³-hybridized carbons (Fsp3) is 0.233. The first kappa shape index (κ1) is 26.2. The number of esters is 1. The maximum absolute atomic E-state index is 13.1. The molecule has 0 atom stereocenters. The van der Waals surface area contributed by atoms with Gasteiger partial charge in [0.1, 0.15) is 16.5 Å². The molecule has 0 aliphatic carbocycles. The molecule has 1 N–H and O–H groups in total. The highest BCUT2D eigenvalue weighted by atomic mass is 35.5. The summed E-state index contributed by atoms with van der Waals surface area (Å²) >= 11 is 6.28. The summed E-state index contributed by atoms with van der Waals surface area (Å²) in [4.78, 5) is 39.9. The molecule has 190 valence electrons. The molecule has 37 heavy (non-hydrogen) atoms. The monoisotopic (exact) mass is 516 g/mol. The minimum Gasteiger partial charge on any atom is -0.423 e. The van der Waals surface area contributed by atoms with Gasteiger partial charge in [0.15, 0.2) is 0 Å². The smallest absolute Gasteiger partial charge is 0.343 e. The summed E-state index contributed by atoms with van der Waals surface area (Å²) in [5.41, 5.74) is 4.86. The number of anilines is 2. The van der Waals surface area contributed by atoms with Gasteiger partial charge in [0.2, 0.25) is 0 Å². The quantitative estimate of drug-likeness (QED) is 0.236. The van der Waals surface area contributed by atoms with Crippen LogP contribution in [0.25, 0.3) is 0 Å². The Kier molecular flexibility index (Phi) is 6.98. The zero-order valence-corrected chi connectivity index (χ0v) is 22.5. The Bertz CT molecular complexity index is 1450. The van der Waals surface area contributed by atoms with Crippen LogP contribution in [-0.2, 0) is 15.0 Å². The third kappa shape index (κ3) is 5.30. The second-order valence-corrected chi connectivity index (χ2v) is 10.6. The molecule has 0 fully saturated rings. The first-order valence-electron chi connectivity index (χ1n) is 11.9. The van der Waals surface area contributed by atoms with Crippen molar-refractivity contribution in [1.82, 2.24) is 0 Å². The van der Waals surface area contributed by atoms with Gasteiger partial charge in [-0.05, 0) is 73.7 Å². The van der Waals surface area contributed by atoms with Crippen molar-refractivity contribution in [2.24, 2.45) is 0 Å². The molecular weight excluding hydrogens is 488 g/mol. The lowest BCUT2D eigenvalue weighted by molar-refractivity contribution is -0.120. The molecular formula is C30H29ClN2O4. The number of hydrogen-bond donors (Lipinski definition) is 1. The lowest BCUT2D eigenvalue weighted by Gasteiger charge is -2.22. The first-order valence-corrected chi connectivity index (χ1v) is 12.3. The number of halogens is 1. The van der Waals surface area contributed by atoms with Gasteiger partial charge in [-0.25, -0.2) is 9.69 Å². The third-order valence-corrected chi connectivity index (χ3v) is 6.52. The van der Waals surface area contributed by atoms with Gasteiger partial charge in [0, 0.05) is 11.3 Å². The van der Waals surface area contributed by atoms with E-state index in [1.807, 2.05) is 51.1 Å². The van der Waals surface area contributed by atoms with Crippen molar-refractivity contribution in [3.63, 3.8) is 0 Å². The second kappa shape index (κ2) is 9.87. The minimum atomic E-state index is -0.587. The average molecular weight is 517 g/mol. The Labute approximate surface area is 221 Å². The molecule has 3 aromatic carbocycles. The number of hydrogen-bond acceptors (Lipinski definition) is 5. The van der Waals surface area contributed by atoms with E-state index >= 15 is 0 Å². The molecule has 1 heterocycles. The Morgan fingerprint density at radius 2 is 1.49 bits per heavy atom. The molecule has 3 aromatic rings. The lowest BCUT2D eigenvalue weighted by atomic mass is 9.85. The van der Waals surface area contributed by atoms with Gasteiger partial charge in [-0.15, -0.1) is 0 Å². The van der Waals surface area contributed by atoms with Gasteiger partial charge < -0.3 is 10.1 Å². The highest BCUT2D eigenvalue weighted by Gasteiger charge is 2.39. The van der Waals surface area contributed by atoms with Gasteiger partial charge in [0.25, 0.3) is 11.8 Å². The first-order chi connectivity index (χ1) is 17.4. The molecule has 0 bridgehead atoms. The summed E-state index contributed by atoms with van der Waals surface area (Å²) in [5.74, 6) is -1.10. The van der Waals surface area contributed by atoms with Crippen molar-refractivity contribution < 1.29 is 19.1 Å². The van der Waals surface area contributed by atoms with Crippen molar-refractivity contribution in [2.45, 2.75) is 47.0 Å². The summed E-state index contributed by atoms with van der Waals surface area (Å²) in [5, 5.41) is 2.75. The van der Waals surface area contributed by atoms with Gasteiger partial charge in [-0.3, -0.25) is 9.59 Å². The number of nitrogens with one attached hydrogen (secondary N) is 1. The van der Waals surface area contributed by atoms with Crippen LogP contribution in [0.15, 0.2) is 71.4 Å². The summed E-state index contributed by atoms with van der Waals surface area (Å²) in [6.45, 7) is 11.9. The van der Waals surface area contributed by atoms with Gasteiger partial charge in [-0.2, -0.15) is 0 Å². The van der Waals surface area contributed by atoms with E-state index in [0.717, 1.165) is 27.2 Å². The largest absolute Gasteiger partial charge is 0.423 e. The average Bonchev–Trinajstić information content (AvgIpc) is 3.04. The van der Waals surface area contributed by atoms with Crippen LogP contribution in [0.5, 0.6) is 5.75 Å². The zero-order chi connectivity index (χ0) is 27.1. The summed E-state index contributed by atoms with van der Waals surface area (Å²) in [6.07, 6.45) is 0. The predicted octanol–water partition coefficient (Wildman–Crippen LogP) is 6.56. The van der Waals surface area contributed by atoms with Crippen LogP contribution < -0.4 is 15.0 Å². The SMILES string of the molecule is Cc1ccc(C)c(N2C(=O)C(Cl)=C(Nc3ccc(C(=O)Oc4ccc(C)cc4C(C)(C)C)cc3)C2=O)c1. The summed E-state index contributed by atoms with van der Waals surface area (Å²) in [7, 11) is 0. The number of carbonyl (C=O) groups is 3. The number of imide groups is 1. The number of ether oxygens (including phenoxy) is 1. The van der Waals surface area contributed by atoms with E-state index < -0.39 is 17.8 Å². The zero-order valence-electron chi connectivity index (χ0n) is 21.7. The maximum atomic E-state index is 13.1. The van der Waals surface area contributed by atoms with Crippen molar-refractivity contribution in [1.29, 1.82) is 0 Å². The number of amides is 2.